The second-order valence-electron chi connectivity index (χ2n) is 6.38. The highest BCUT2D eigenvalue weighted by atomic mass is 16.5. The Balaban J connectivity index is 1.59. The highest BCUT2D eigenvalue weighted by molar-refractivity contribution is 6.02. The second-order valence-corrected chi connectivity index (χ2v) is 6.38. The number of nitrogens with zero attached hydrogens (tertiary/aromatic N) is 1. The Bertz CT molecular complexity index is 789. The molecule has 0 spiro atoms. The predicted molar refractivity (Wildman–Crippen MR) is 102 cm³/mol. The summed E-state index contributed by atoms with van der Waals surface area (Å²) < 4.78 is 5.07. The minimum absolute atomic E-state index is 0.147. The van der Waals surface area contributed by atoms with Crippen LogP contribution in [0, 0.1) is 0 Å². The molecule has 1 aliphatic rings. The Morgan fingerprint density at radius 1 is 1.15 bits per heavy atom. The molecule has 6 nitrogen and oxygen atoms in total. The number of fused-ring (bicyclic) bond motifs is 1. The van der Waals surface area contributed by atoms with Crippen LogP contribution >= 0.6 is 0 Å². The Morgan fingerprint density at radius 2 is 1.88 bits per heavy atom. The fourth-order valence-corrected chi connectivity index (χ4v) is 3.16. The maximum absolute atomic E-state index is 12.3. The average molecular weight is 353 g/mol. The van der Waals surface area contributed by atoms with Gasteiger partial charge >= 0.3 is 6.03 Å². The zero-order valence-electron chi connectivity index (χ0n) is 15.0. The van der Waals surface area contributed by atoms with Crippen LogP contribution in [0.1, 0.15) is 18.9 Å². The number of nitrogens with one attached hydrogen (secondary N) is 2. The SMILES string of the molecule is COc1ccc(NC(=O)NC(=O)CN2c3ccccc3CCC2C)cc1. The summed E-state index contributed by atoms with van der Waals surface area (Å²) in [4.78, 5) is 26.4. The summed E-state index contributed by atoms with van der Waals surface area (Å²) in [6.45, 7) is 2.24. The van der Waals surface area contributed by atoms with Gasteiger partial charge in [-0.25, -0.2) is 4.79 Å². The van der Waals surface area contributed by atoms with Crippen molar-refractivity contribution in [1.29, 1.82) is 0 Å². The number of aryl methyl sites for hydroxylation is 1. The van der Waals surface area contributed by atoms with E-state index in [9.17, 15) is 9.59 Å². The lowest BCUT2D eigenvalue weighted by Crippen LogP contribution is -2.46. The fourth-order valence-electron chi connectivity index (χ4n) is 3.16. The molecule has 1 atom stereocenters. The van der Waals surface area contributed by atoms with E-state index < -0.39 is 6.03 Å². The van der Waals surface area contributed by atoms with Crippen molar-refractivity contribution in [3.8, 4) is 5.75 Å². The van der Waals surface area contributed by atoms with Gasteiger partial charge in [-0.05, 0) is 55.7 Å². The van der Waals surface area contributed by atoms with Crippen molar-refractivity contribution in [3.05, 3.63) is 54.1 Å². The fraction of sp³-hybridized carbons (Fsp3) is 0.300. The smallest absolute Gasteiger partial charge is 0.325 e. The summed E-state index contributed by atoms with van der Waals surface area (Å²) in [5.74, 6) is 0.365. The van der Waals surface area contributed by atoms with Gasteiger partial charge in [0.15, 0.2) is 0 Å². The lowest BCUT2D eigenvalue weighted by Gasteiger charge is -2.36. The number of carbonyl (C=O) groups excluding carboxylic acids is 2. The molecule has 1 aliphatic heterocycles. The highest BCUT2D eigenvalue weighted by Crippen LogP contribution is 2.29. The minimum Gasteiger partial charge on any atom is -0.497 e. The van der Waals surface area contributed by atoms with Gasteiger partial charge in [-0.1, -0.05) is 18.2 Å². The number of amides is 3. The van der Waals surface area contributed by atoms with Crippen LogP contribution < -0.4 is 20.3 Å². The standard InChI is InChI=1S/C20H23N3O3/c1-14-7-8-15-5-3-4-6-18(15)23(14)13-19(24)22-20(25)21-16-9-11-17(26-2)12-10-16/h3-6,9-12,14H,7-8,13H2,1-2H3,(H2,21,22,24,25). The molecular weight excluding hydrogens is 330 g/mol. The molecule has 2 N–H and O–H groups in total. The summed E-state index contributed by atoms with van der Waals surface area (Å²) in [6, 6.07) is 14.7. The van der Waals surface area contributed by atoms with Crippen molar-refractivity contribution in [2.24, 2.45) is 0 Å². The largest absolute Gasteiger partial charge is 0.497 e. The summed E-state index contributed by atoms with van der Waals surface area (Å²) in [5.41, 5.74) is 2.89. The van der Waals surface area contributed by atoms with E-state index in [1.165, 1.54) is 5.56 Å². The van der Waals surface area contributed by atoms with E-state index in [1.54, 1.807) is 31.4 Å². The Labute approximate surface area is 153 Å². The van der Waals surface area contributed by atoms with Gasteiger partial charge in [-0.2, -0.15) is 0 Å². The molecule has 136 valence electrons. The van der Waals surface area contributed by atoms with Crippen LogP contribution in [0.4, 0.5) is 16.2 Å². The van der Waals surface area contributed by atoms with Gasteiger partial charge in [0, 0.05) is 17.4 Å². The van der Waals surface area contributed by atoms with Crippen LogP contribution in [0.5, 0.6) is 5.75 Å². The minimum atomic E-state index is -0.543. The van der Waals surface area contributed by atoms with Crippen LogP contribution in [0.3, 0.4) is 0 Å². The van der Waals surface area contributed by atoms with E-state index in [4.69, 9.17) is 4.74 Å². The number of methoxy groups -OCH3 is 1. The maximum Gasteiger partial charge on any atom is 0.325 e. The zero-order chi connectivity index (χ0) is 18.5. The van der Waals surface area contributed by atoms with Crippen molar-refractivity contribution in [2.75, 3.05) is 23.9 Å². The van der Waals surface area contributed by atoms with Crippen molar-refractivity contribution in [1.82, 2.24) is 5.32 Å². The lowest BCUT2D eigenvalue weighted by molar-refractivity contribution is -0.118. The predicted octanol–water partition coefficient (Wildman–Crippen LogP) is 3.18. The Morgan fingerprint density at radius 3 is 2.62 bits per heavy atom. The van der Waals surface area contributed by atoms with Gasteiger partial charge in [0.1, 0.15) is 5.75 Å². The molecule has 6 heteroatoms. The monoisotopic (exact) mass is 353 g/mol. The van der Waals surface area contributed by atoms with E-state index in [2.05, 4.69) is 28.5 Å². The molecular formula is C20H23N3O3. The van der Waals surface area contributed by atoms with E-state index in [0.717, 1.165) is 18.5 Å². The molecule has 0 saturated heterocycles. The number of para-hydroxylation sites is 1. The number of hydrogen-bond donors (Lipinski definition) is 2. The second kappa shape index (κ2) is 7.91. The molecule has 3 amide bonds. The van der Waals surface area contributed by atoms with E-state index in [1.807, 2.05) is 18.2 Å². The first kappa shape index (κ1) is 17.8. The van der Waals surface area contributed by atoms with Crippen LogP contribution in [0.2, 0.25) is 0 Å². The molecule has 3 rings (SSSR count). The number of hydrogen-bond acceptors (Lipinski definition) is 4. The van der Waals surface area contributed by atoms with Crippen molar-refractivity contribution < 1.29 is 14.3 Å². The first-order chi connectivity index (χ1) is 12.6. The number of ether oxygens (including phenoxy) is 1. The summed E-state index contributed by atoms with van der Waals surface area (Å²) >= 11 is 0. The molecule has 0 aliphatic carbocycles. The number of imide groups is 1. The summed E-state index contributed by atoms with van der Waals surface area (Å²) in [5, 5.41) is 5.04. The third-order valence-electron chi connectivity index (χ3n) is 4.58. The number of anilines is 2. The lowest BCUT2D eigenvalue weighted by atomic mass is 9.97. The average Bonchev–Trinajstić information content (AvgIpc) is 2.64. The van der Waals surface area contributed by atoms with Gasteiger partial charge in [-0.3, -0.25) is 10.1 Å². The molecule has 1 heterocycles. The number of carbonyl (C=O) groups is 2. The third kappa shape index (κ3) is 4.14. The molecule has 2 aromatic carbocycles. The van der Waals surface area contributed by atoms with Crippen molar-refractivity contribution >= 4 is 23.3 Å². The number of urea groups is 1. The Hall–Kier alpha value is -3.02. The first-order valence-electron chi connectivity index (χ1n) is 8.66. The zero-order valence-corrected chi connectivity index (χ0v) is 15.0. The van der Waals surface area contributed by atoms with Crippen LogP contribution in [0.15, 0.2) is 48.5 Å². The molecule has 1 unspecified atom stereocenters. The van der Waals surface area contributed by atoms with Crippen LogP contribution in [-0.4, -0.2) is 31.6 Å². The summed E-state index contributed by atoms with van der Waals surface area (Å²) in [6.07, 6.45) is 2.00. The first-order valence-corrected chi connectivity index (χ1v) is 8.66. The molecule has 2 aromatic rings. The van der Waals surface area contributed by atoms with Crippen LogP contribution in [0.25, 0.3) is 0 Å². The molecule has 26 heavy (non-hydrogen) atoms. The molecule has 0 saturated carbocycles. The maximum atomic E-state index is 12.3. The topological polar surface area (TPSA) is 70.7 Å². The molecule has 0 fully saturated rings. The molecule has 0 bridgehead atoms. The van der Waals surface area contributed by atoms with Gasteiger partial charge < -0.3 is 15.0 Å². The molecule has 0 radical (unpaired) electrons. The van der Waals surface area contributed by atoms with E-state index in [0.29, 0.717) is 11.4 Å². The van der Waals surface area contributed by atoms with Gasteiger partial charge in [-0.15, -0.1) is 0 Å². The Kier molecular flexibility index (Phi) is 5.41. The molecule has 0 aromatic heterocycles. The highest BCUT2D eigenvalue weighted by Gasteiger charge is 2.25. The quantitative estimate of drug-likeness (QED) is 0.886. The third-order valence-corrected chi connectivity index (χ3v) is 4.58. The van der Waals surface area contributed by atoms with Gasteiger partial charge in [0.25, 0.3) is 0 Å². The van der Waals surface area contributed by atoms with Crippen LogP contribution in [-0.2, 0) is 11.2 Å². The van der Waals surface area contributed by atoms with Gasteiger partial charge in [0.2, 0.25) is 5.91 Å². The van der Waals surface area contributed by atoms with Crippen molar-refractivity contribution in [2.45, 2.75) is 25.8 Å². The van der Waals surface area contributed by atoms with E-state index in [-0.39, 0.29) is 18.5 Å². The van der Waals surface area contributed by atoms with Crippen molar-refractivity contribution in [3.63, 3.8) is 0 Å². The van der Waals surface area contributed by atoms with Gasteiger partial charge in [0.05, 0.1) is 13.7 Å². The summed E-state index contributed by atoms with van der Waals surface area (Å²) in [7, 11) is 1.58. The number of rotatable bonds is 4. The number of benzene rings is 2. The normalized spacial score (nSPS) is 15.8. The van der Waals surface area contributed by atoms with E-state index >= 15 is 0 Å².